The third-order valence-corrected chi connectivity index (χ3v) is 2.96. The molecule has 0 spiro atoms. The predicted octanol–water partition coefficient (Wildman–Crippen LogP) is 2.58. The summed E-state index contributed by atoms with van der Waals surface area (Å²) in [7, 11) is 0. The van der Waals surface area contributed by atoms with Gasteiger partial charge in [0.15, 0.2) is 0 Å². The molecular formula is C11H12N2S. The zero-order valence-electron chi connectivity index (χ0n) is 8.03. The Morgan fingerprint density at radius 3 is 2.79 bits per heavy atom. The highest BCUT2D eigenvalue weighted by atomic mass is 32.1. The quantitative estimate of drug-likeness (QED) is 0.816. The minimum atomic E-state index is 0.546. The van der Waals surface area contributed by atoms with Gasteiger partial charge in [-0.2, -0.15) is 0 Å². The molecule has 0 saturated heterocycles. The van der Waals surface area contributed by atoms with Gasteiger partial charge in [0.2, 0.25) is 0 Å². The zero-order valence-corrected chi connectivity index (χ0v) is 8.84. The first-order valence-electron chi connectivity index (χ1n) is 4.49. The highest BCUT2D eigenvalue weighted by Crippen LogP contribution is 2.24. The van der Waals surface area contributed by atoms with Crippen molar-refractivity contribution in [2.24, 2.45) is 5.73 Å². The van der Waals surface area contributed by atoms with Crippen LogP contribution >= 0.6 is 11.3 Å². The van der Waals surface area contributed by atoms with E-state index in [0.717, 1.165) is 11.1 Å². The van der Waals surface area contributed by atoms with Crippen LogP contribution in [0.2, 0.25) is 0 Å². The largest absolute Gasteiger partial charge is 0.326 e. The highest BCUT2D eigenvalue weighted by molar-refractivity contribution is 7.10. The van der Waals surface area contributed by atoms with Crippen LogP contribution in [-0.2, 0) is 6.54 Å². The van der Waals surface area contributed by atoms with Crippen LogP contribution in [-0.4, -0.2) is 4.98 Å². The maximum atomic E-state index is 5.56. The Morgan fingerprint density at radius 1 is 1.29 bits per heavy atom. The summed E-state index contributed by atoms with van der Waals surface area (Å²) in [6.07, 6.45) is 3.68. The molecule has 0 aliphatic rings. The molecule has 0 radical (unpaired) electrons. The van der Waals surface area contributed by atoms with E-state index < -0.39 is 0 Å². The molecule has 0 atom stereocenters. The lowest BCUT2D eigenvalue weighted by atomic mass is 10.1. The van der Waals surface area contributed by atoms with Crippen LogP contribution in [0.5, 0.6) is 0 Å². The topological polar surface area (TPSA) is 38.9 Å². The van der Waals surface area contributed by atoms with Crippen molar-refractivity contribution in [1.29, 1.82) is 0 Å². The Labute approximate surface area is 87.4 Å². The maximum absolute atomic E-state index is 5.56. The third kappa shape index (κ3) is 1.84. The van der Waals surface area contributed by atoms with Crippen LogP contribution in [0, 0.1) is 6.92 Å². The van der Waals surface area contributed by atoms with Gasteiger partial charge in [0.25, 0.3) is 0 Å². The van der Waals surface area contributed by atoms with Gasteiger partial charge in [-0.3, -0.25) is 4.98 Å². The van der Waals surface area contributed by atoms with Crippen LogP contribution in [0.15, 0.2) is 29.9 Å². The minimum Gasteiger partial charge on any atom is -0.326 e. The van der Waals surface area contributed by atoms with E-state index in [0.29, 0.717) is 6.54 Å². The second-order valence-electron chi connectivity index (χ2n) is 3.23. The fraction of sp³-hybridized carbons (Fsp3) is 0.182. The molecule has 2 N–H and O–H groups in total. The van der Waals surface area contributed by atoms with Crippen LogP contribution in [0.3, 0.4) is 0 Å². The molecule has 0 unspecified atom stereocenters. The van der Waals surface area contributed by atoms with Crippen LogP contribution in [0.4, 0.5) is 0 Å². The standard InChI is InChI=1S/C11H12N2S/c1-8-2-11(7-14-8)10-3-9(4-12)5-13-6-10/h2-3,5-7H,4,12H2,1H3. The van der Waals surface area contributed by atoms with E-state index in [2.05, 4.69) is 29.4 Å². The smallest absolute Gasteiger partial charge is 0.0346 e. The molecule has 0 fully saturated rings. The van der Waals surface area contributed by atoms with Gasteiger partial charge in [-0.05, 0) is 35.6 Å². The van der Waals surface area contributed by atoms with Gasteiger partial charge >= 0.3 is 0 Å². The van der Waals surface area contributed by atoms with Gasteiger partial charge < -0.3 is 5.73 Å². The van der Waals surface area contributed by atoms with Gasteiger partial charge in [-0.15, -0.1) is 11.3 Å². The Balaban J connectivity index is 2.41. The number of pyridine rings is 1. The molecule has 0 amide bonds. The second-order valence-corrected chi connectivity index (χ2v) is 4.35. The minimum absolute atomic E-state index is 0.546. The van der Waals surface area contributed by atoms with Gasteiger partial charge in [0, 0.05) is 29.4 Å². The molecule has 14 heavy (non-hydrogen) atoms. The van der Waals surface area contributed by atoms with Crippen molar-refractivity contribution in [1.82, 2.24) is 4.98 Å². The molecule has 2 nitrogen and oxygen atoms in total. The monoisotopic (exact) mass is 204 g/mol. The average Bonchev–Trinajstić information content (AvgIpc) is 2.65. The summed E-state index contributed by atoms with van der Waals surface area (Å²) in [5.74, 6) is 0. The van der Waals surface area contributed by atoms with Crippen LogP contribution in [0.25, 0.3) is 11.1 Å². The van der Waals surface area contributed by atoms with Gasteiger partial charge in [0.1, 0.15) is 0 Å². The van der Waals surface area contributed by atoms with Crippen molar-refractivity contribution >= 4 is 11.3 Å². The highest BCUT2D eigenvalue weighted by Gasteiger charge is 2.01. The Hall–Kier alpha value is -1.19. The number of aromatic nitrogens is 1. The average molecular weight is 204 g/mol. The van der Waals surface area contributed by atoms with E-state index >= 15 is 0 Å². The molecule has 3 heteroatoms. The summed E-state index contributed by atoms with van der Waals surface area (Å²) in [6, 6.07) is 4.26. The Bertz CT molecular complexity index is 434. The molecule has 0 saturated carbocycles. The second kappa shape index (κ2) is 3.90. The summed E-state index contributed by atoms with van der Waals surface area (Å²) in [4.78, 5) is 5.48. The van der Waals surface area contributed by atoms with Crippen molar-refractivity contribution in [3.63, 3.8) is 0 Å². The van der Waals surface area contributed by atoms with Crippen molar-refractivity contribution in [2.75, 3.05) is 0 Å². The van der Waals surface area contributed by atoms with Crippen LogP contribution in [0.1, 0.15) is 10.4 Å². The van der Waals surface area contributed by atoms with Gasteiger partial charge in [-0.25, -0.2) is 0 Å². The molecule has 0 aromatic carbocycles. The number of aryl methyl sites for hydroxylation is 1. The first kappa shape index (κ1) is 9.37. The lowest BCUT2D eigenvalue weighted by Gasteiger charge is -1.99. The van der Waals surface area contributed by atoms with Crippen molar-refractivity contribution in [3.8, 4) is 11.1 Å². The Morgan fingerprint density at radius 2 is 2.14 bits per heavy atom. The predicted molar refractivity (Wildman–Crippen MR) is 60.2 cm³/mol. The molecule has 2 aromatic rings. The number of hydrogen-bond acceptors (Lipinski definition) is 3. The van der Waals surface area contributed by atoms with E-state index in [-0.39, 0.29) is 0 Å². The number of rotatable bonds is 2. The molecule has 0 aliphatic heterocycles. The molecule has 2 aromatic heterocycles. The van der Waals surface area contributed by atoms with Crippen molar-refractivity contribution < 1.29 is 0 Å². The van der Waals surface area contributed by atoms with Gasteiger partial charge in [0.05, 0.1) is 0 Å². The summed E-state index contributed by atoms with van der Waals surface area (Å²) >= 11 is 1.75. The molecule has 0 aliphatic carbocycles. The van der Waals surface area contributed by atoms with Gasteiger partial charge in [-0.1, -0.05) is 0 Å². The Kier molecular flexibility index (Phi) is 2.61. The number of nitrogens with two attached hydrogens (primary N) is 1. The number of hydrogen-bond donors (Lipinski definition) is 1. The van der Waals surface area contributed by atoms with E-state index in [1.807, 2.05) is 12.4 Å². The summed E-state index contributed by atoms with van der Waals surface area (Å²) in [6.45, 7) is 2.65. The molecule has 2 heterocycles. The first-order valence-corrected chi connectivity index (χ1v) is 5.37. The van der Waals surface area contributed by atoms with E-state index in [4.69, 9.17) is 5.73 Å². The van der Waals surface area contributed by atoms with Crippen molar-refractivity contribution in [3.05, 3.63) is 40.3 Å². The molecule has 72 valence electrons. The third-order valence-electron chi connectivity index (χ3n) is 2.09. The van der Waals surface area contributed by atoms with E-state index in [1.165, 1.54) is 10.4 Å². The van der Waals surface area contributed by atoms with E-state index in [1.54, 1.807) is 11.3 Å². The lowest BCUT2D eigenvalue weighted by Crippen LogP contribution is -1.96. The number of thiophene rings is 1. The lowest BCUT2D eigenvalue weighted by molar-refractivity contribution is 1.05. The normalized spacial score (nSPS) is 10.4. The fourth-order valence-electron chi connectivity index (χ4n) is 1.35. The summed E-state index contributed by atoms with van der Waals surface area (Å²) in [5, 5.41) is 2.15. The molecule has 0 bridgehead atoms. The number of nitrogens with zero attached hydrogens (tertiary/aromatic N) is 1. The summed E-state index contributed by atoms with van der Waals surface area (Å²) < 4.78 is 0. The zero-order chi connectivity index (χ0) is 9.97. The molecular weight excluding hydrogens is 192 g/mol. The van der Waals surface area contributed by atoms with E-state index in [9.17, 15) is 0 Å². The van der Waals surface area contributed by atoms with Crippen molar-refractivity contribution in [2.45, 2.75) is 13.5 Å². The summed E-state index contributed by atoms with van der Waals surface area (Å²) in [5.41, 5.74) is 9.02. The fourth-order valence-corrected chi connectivity index (χ4v) is 2.06. The van der Waals surface area contributed by atoms with Crippen LogP contribution < -0.4 is 5.73 Å². The first-order chi connectivity index (χ1) is 6.79. The SMILES string of the molecule is Cc1cc(-c2cncc(CN)c2)cs1. The maximum Gasteiger partial charge on any atom is 0.0346 e. The molecule has 2 rings (SSSR count).